The van der Waals surface area contributed by atoms with Gasteiger partial charge in [-0.2, -0.15) is 5.26 Å². The van der Waals surface area contributed by atoms with Gasteiger partial charge in [-0.25, -0.2) is 0 Å². The predicted octanol–water partition coefficient (Wildman–Crippen LogP) is 1.61. The Morgan fingerprint density at radius 1 is 1.58 bits per heavy atom. The lowest BCUT2D eigenvalue weighted by atomic mass is 10.0. The fraction of sp³-hybridized carbons (Fsp3) is 0.429. The molecule has 5 nitrogen and oxygen atoms in total. The standard InChI is InChI=1S/C14H17N3O2/c1-16-11(4-3-7-15)10-5-6-13-12(8-10)17(2)14(18)9-19-13/h5-6,8,11,16H,3-4,9H2,1-2H3. The van der Waals surface area contributed by atoms with Crippen LogP contribution in [0.2, 0.25) is 0 Å². The molecule has 0 spiro atoms. The Bertz CT molecular complexity index is 522. The molecule has 1 aromatic rings. The maximum Gasteiger partial charge on any atom is 0.264 e. The number of carbonyl (C=O) groups excluding carboxylic acids is 1. The Morgan fingerprint density at radius 3 is 3.05 bits per heavy atom. The molecule has 1 amide bonds. The van der Waals surface area contributed by atoms with Crippen molar-refractivity contribution < 1.29 is 9.53 Å². The first-order chi connectivity index (χ1) is 9.17. The van der Waals surface area contributed by atoms with E-state index in [1.807, 2.05) is 25.2 Å². The summed E-state index contributed by atoms with van der Waals surface area (Å²) in [5.41, 5.74) is 1.84. The average Bonchev–Trinajstić information content (AvgIpc) is 2.44. The number of amides is 1. The minimum Gasteiger partial charge on any atom is -0.482 e. The van der Waals surface area contributed by atoms with Crippen molar-refractivity contribution >= 4 is 11.6 Å². The number of fused-ring (bicyclic) bond motifs is 1. The van der Waals surface area contributed by atoms with Crippen molar-refractivity contribution in [3.63, 3.8) is 0 Å². The van der Waals surface area contributed by atoms with Crippen LogP contribution in [0.4, 0.5) is 5.69 Å². The quantitative estimate of drug-likeness (QED) is 0.892. The van der Waals surface area contributed by atoms with Gasteiger partial charge in [0.25, 0.3) is 5.91 Å². The van der Waals surface area contributed by atoms with Crippen LogP contribution in [0.1, 0.15) is 24.4 Å². The molecule has 0 aliphatic carbocycles. The van der Waals surface area contributed by atoms with Crippen LogP contribution >= 0.6 is 0 Å². The second-order valence-corrected chi connectivity index (χ2v) is 4.51. The van der Waals surface area contributed by atoms with Crippen LogP contribution < -0.4 is 15.0 Å². The first-order valence-corrected chi connectivity index (χ1v) is 6.25. The van der Waals surface area contributed by atoms with Crippen LogP contribution in [0, 0.1) is 11.3 Å². The summed E-state index contributed by atoms with van der Waals surface area (Å²) in [5.74, 6) is 0.670. The third kappa shape index (κ3) is 2.69. The molecule has 5 heteroatoms. The van der Waals surface area contributed by atoms with Gasteiger partial charge in [0.1, 0.15) is 5.75 Å². The fourth-order valence-corrected chi connectivity index (χ4v) is 2.19. The monoisotopic (exact) mass is 259 g/mol. The van der Waals surface area contributed by atoms with E-state index in [1.165, 1.54) is 0 Å². The molecule has 1 aliphatic heterocycles. The van der Waals surface area contributed by atoms with E-state index in [4.69, 9.17) is 10.00 Å². The third-order valence-corrected chi connectivity index (χ3v) is 3.37. The maximum atomic E-state index is 11.6. The van der Waals surface area contributed by atoms with E-state index >= 15 is 0 Å². The lowest BCUT2D eigenvalue weighted by molar-refractivity contribution is -0.120. The van der Waals surface area contributed by atoms with Gasteiger partial charge in [-0.05, 0) is 31.2 Å². The lowest BCUT2D eigenvalue weighted by Gasteiger charge is -2.27. The van der Waals surface area contributed by atoms with Gasteiger partial charge in [0.2, 0.25) is 0 Å². The van der Waals surface area contributed by atoms with E-state index in [-0.39, 0.29) is 18.6 Å². The van der Waals surface area contributed by atoms with E-state index in [9.17, 15) is 4.79 Å². The Morgan fingerprint density at radius 2 is 2.37 bits per heavy atom. The number of anilines is 1. The van der Waals surface area contributed by atoms with E-state index in [0.29, 0.717) is 6.42 Å². The molecule has 1 atom stereocenters. The van der Waals surface area contributed by atoms with Crippen molar-refractivity contribution in [2.75, 3.05) is 25.6 Å². The zero-order valence-corrected chi connectivity index (χ0v) is 11.1. The van der Waals surface area contributed by atoms with Crippen molar-refractivity contribution in [2.24, 2.45) is 0 Å². The third-order valence-electron chi connectivity index (χ3n) is 3.37. The Labute approximate surface area is 112 Å². The summed E-state index contributed by atoms with van der Waals surface area (Å²) in [5, 5.41) is 11.9. The molecular weight excluding hydrogens is 242 g/mol. The highest BCUT2D eigenvalue weighted by Gasteiger charge is 2.23. The lowest BCUT2D eigenvalue weighted by Crippen LogP contribution is -2.35. The van der Waals surface area contributed by atoms with Gasteiger partial charge in [0.05, 0.1) is 11.8 Å². The molecule has 19 heavy (non-hydrogen) atoms. The highest BCUT2D eigenvalue weighted by atomic mass is 16.5. The van der Waals surface area contributed by atoms with Crippen LogP contribution in [0.5, 0.6) is 5.75 Å². The van der Waals surface area contributed by atoms with Crippen molar-refractivity contribution in [1.29, 1.82) is 5.26 Å². The largest absolute Gasteiger partial charge is 0.482 e. The average molecular weight is 259 g/mol. The van der Waals surface area contributed by atoms with Gasteiger partial charge >= 0.3 is 0 Å². The molecule has 1 unspecified atom stereocenters. The molecular formula is C14H17N3O2. The summed E-state index contributed by atoms with van der Waals surface area (Å²) in [6, 6.07) is 8.06. The number of hydrogen-bond donors (Lipinski definition) is 1. The molecule has 0 saturated carbocycles. The summed E-state index contributed by atoms with van der Waals surface area (Å²) in [4.78, 5) is 13.2. The van der Waals surface area contributed by atoms with Gasteiger partial charge in [-0.15, -0.1) is 0 Å². The van der Waals surface area contributed by atoms with Gasteiger partial charge in [-0.3, -0.25) is 4.79 Å². The topological polar surface area (TPSA) is 65.4 Å². The van der Waals surface area contributed by atoms with Crippen LogP contribution in [0.25, 0.3) is 0 Å². The van der Waals surface area contributed by atoms with Crippen LogP contribution in [0.15, 0.2) is 18.2 Å². The van der Waals surface area contributed by atoms with Crippen LogP contribution in [-0.4, -0.2) is 26.6 Å². The van der Waals surface area contributed by atoms with Gasteiger partial charge in [0, 0.05) is 19.5 Å². The SMILES string of the molecule is CNC(CCC#N)c1ccc2c(c1)N(C)C(=O)CO2. The van der Waals surface area contributed by atoms with E-state index in [1.54, 1.807) is 11.9 Å². The van der Waals surface area contributed by atoms with E-state index < -0.39 is 0 Å². The minimum atomic E-state index is -0.0531. The summed E-state index contributed by atoms with van der Waals surface area (Å²) >= 11 is 0. The molecule has 2 rings (SSSR count). The highest BCUT2D eigenvalue weighted by Crippen LogP contribution is 2.34. The van der Waals surface area contributed by atoms with Gasteiger partial charge < -0.3 is 15.0 Å². The molecule has 0 bridgehead atoms. The zero-order chi connectivity index (χ0) is 13.8. The maximum absolute atomic E-state index is 11.6. The molecule has 100 valence electrons. The summed E-state index contributed by atoms with van der Waals surface area (Å²) in [6.07, 6.45) is 1.23. The second kappa shape index (κ2) is 5.72. The minimum absolute atomic E-state index is 0.0531. The predicted molar refractivity (Wildman–Crippen MR) is 72.0 cm³/mol. The molecule has 0 aromatic heterocycles. The normalized spacial score (nSPS) is 15.4. The number of nitrogens with zero attached hydrogens (tertiary/aromatic N) is 2. The van der Waals surface area contributed by atoms with Crippen LogP contribution in [-0.2, 0) is 4.79 Å². The first kappa shape index (κ1) is 13.4. The number of likely N-dealkylation sites (N-methyl/N-ethyl adjacent to an activating group) is 1. The van der Waals surface area contributed by atoms with Crippen LogP contribution in [0.3, 0.4) is 0 Å². The number of benzene rings is 1. The molecule has 0 saturated heterocycles. The number of carbonyl (C=O) groups is 1. The van der Waals surface area contributed by atoms with Crippen molar-refractivity contribution in [1.82, 2.24) is 5.32 Å². The Hall–Kier alpha value is -2.06. The van der Waals surface area contributed by atoms with Gasteiger partial charge in [-0.1, -0.05) is 6.07 Å². The second-order valence-electron chi connectivity index (χ2n) is 4.51. The number of nitrogens with one attached hydrogen (secondary N) is 1. The van der Waals surface area contributed by atoms with Crippen molar-refractivity contribution in [3.05, 3.63) is 23.8 Å². The summed E-state index contributed by atoms with van der Waals surface area (Å²) < 4.78 is 5.39. The van der Waals surface area contributed by atoms with Gasteiger partial charge in [0.15, 0.2) is 6.61 Å². The van der Waals surface area contributed by atoms with Crippen molar-refractivity contribution in [2.45, 2.75) is 18.9 Å². The van der Waals surface area contributed by atoms with E-state index in [2.05, 4.69) is 11.4 Å². The Balaban J connectivity index is 2.29. The number of ether oxygens (including phenoxy) is 1. The molecule has 1 aromatic carbocycles. The molecule has 1 aliphatic rings. The van der Waals surface area contributed by atoms with E-state index in [0.717, 1.165) is 23.4 Å². The number of hydrogen-bond acceptors (Lipinski definition) is 4. The highest BCUT2D eigenvalue weighted by molar-refractivity contribution is 5.97. The molecule has 1 N–H and O–H groups in total. The summed E-state index contributed by atoms with van der Waals surface area (Å²) in [7, 11) is 3.62. The summed E-state index contributed by atoms with van der Waals surface area (Å²) in [6.45, 7) is 0.0900. The fourth-order valence-electron chi connectivity index (χ4n) is 2.19. The van der Waals surface area contributed by atoms with Crippen molar-refractivity contribution in [3.8, 4) is 11.8 Å². The molecule has 0 radical (unpaired) electrons. The number of rotatable bonds is 4. The molecule has 1 heterocycles. The smallest absolute Gasteiger partial charge is 0.264 e. The zero-order valence-electron chi connectivity index (χ0n) is 11.1. The first-order valence-electron chi connectivity index (χ1n) is 6.25. The molecule has 0 fully saturated rings. The number of nitriles is 1. The Kier molecular flexibility index (Phi) is 4.03.